The van der Waals surface area contributed by atoms with Gasteiger partial charge in [0.1, 0.15) is 5.54 Å². The number of nitrogens with one attached hydrogen (secondary N) is 1. The van der Waals surface area contributed by atoms with E-state index in [-0.39, 0.29) is 5.97 Å². The molecule has 1 atom stereocenters. The third-order valence-corrected chi connectivity index (χ3v) is 4.35. The van der Waals surface area contributed by atoms with Crippen molar-refractivity contribution in [2.24, 2.45) is 0 Å². The summed E-state index contributed by atoms with van der Waals surface area (Å²) in [6, 6.07) is 10.1. The van der Waals surface area contributed by atoms with E-state index in [1.165, 1.54) is 5.56 Å². The number of carbonyl (C=O) groups is 1. The molecule has 0 aliphatic carbocycles. The summed E-state index contributed by atoms with van der Waals surface area (Å²) in [7, 11) is 0. The van der Waals surface area contributed by atoms with Gasteiger partial charge in [-0.15, -0.1) is 0 Å². The summed E-state index contributed by atoms with van der Waals surface area (Å²) in [5.74, 6) is 1.71. The third kappa shape index (κ3) is 3.06. The first kappa shape index (κ1) is 13.4. The molecule has 1 fully saturated rings. The number of benzene rings is 1. The van der Waals surface area contributed by atoms with Gasteiger partial charge >= 0.3 is 5.97 Å². The molecule has 0 aromatic heterocycles. The van der Waals surface area contributed by atoms with Crippen LogP contribution in [0.15, 0.2) is 30.3 Å². The van der Waals surface area contributed by atoms with Gasteiger partial charge < -0.3 is 4.74 Å². The van der Waals surface area contributed by atoms with Gasteiger partial charge in [0.2, 0.25) is 0 Å². The Bertz CT molecular complexity index is 388. The van der Waals surface area contributed by atoms with Crippen LogP contribution in [0.2, 0.25) is 0 Å². The number of hydrogen-bond acceptors (Lipinski definition) is 4. The molecule has 1 heterocycles. The predicted octanol–water partition coefficient (Wildman–Crippen LogP) is 2.21. The highest BCUT2D eigenvalue weighted by molar-refractivity contribution is 7.99. The van der Waals surface area contributed by atoms with E-state index < -0.39 is 5.54 Å². The topological polar surface area (TPSA) is 38.3 Å². The number of carbonyl (C=O) groups excluding carboxylic acids is 1. The Morgan fingerprint density at radius 3 is 2.83 bits per heavy atom. The Labute approximate surface area is 112 Å². The van der Waals surface area contributed by atoms with Crippen LogP contribution in [-0.4, -0.2) is 29.6 Å². The summed E-state index contributed by atoms with van der Waals surface area (Å²) >= 11 is 1.81. The number of ether oxygens (including phenoxy) is 1. The lowest BCUT2D eigenvalue weighted by Crippen LogP contribution is -2.52. The van der Waals surface area contributed by atoms with Crippen molar-refractivity contribution in [1.29, 1.82) is 0 Å². The van der Waals surface area contributed by atoms with Crippen LogP contribution in [0.4, 0.5) is 0 Å². The standard InChI is InChI=1S/C14H19NO2S/c1-2-17-13(16)14(8-9-18-11-14)15-10-12-6-4-3-5-7-12/h3-7,15H,2,8-11H2,1H3. The summed E-state index contributed by atoms with van der Waals surface area (Å²) in [5, 5.41) is 3.40. The van der Waals surface area contributed by atoms with Gasteiger partial charge in [-0.3, -0.25) is 10.1 Å². The van der Waals surface area contributed by atoms with Crippen LogP contribution >= 0.6 is 11.8 Å². The molecule has 1 aliphatic rings. The van der Waals surface area contributed by atoms with Crippen molar-refractivity contribution < 1.29 is 9.53 Å². The molecule has 2 rings (SSSR count). The van der Waals surface area contributed by atoms with E-state index >= 15 is 0 Å². The molecule has 4 heteroatoms. The van der Waals surface area contributed by atoms with Crippen molar-refractivity contribution in [1.82, 2.24) is 5.32 Å². The quantitative estimate of drug-likeness (QED) is 0.829. The lowest BCUT2D eigenvalue weighted by molar-refractivity contribution is -0.150. The maximum absolute atomic E-state index is 12.1. The van der Waals surface area contributed by atoms with E-state index in [0.717, 1.165) is 17.9 Å². The minimum Gasteiger partial charge on any atom is -0.465 e. The normalized spacial score (nSPS) is 22.9. The second kappa shape index (κ2) is 6.25. The molecule has 0 radical (unpaired) electrons. The molecule has 0 spiro atoms. The molecule has 3 nitrogen and oxygen atoms in total. The highest BCUT2D eigenvalue weighted by Crippen LogP contribution is 2.29. The molecule has 1 saturated heterocycles. The fourth-order valence-corrected chi connectivity index (χ4v) is 3.42. The van der Waals surface area contributed by atoms with E-state index in [4.69, 9.17) is 4.74 Å². The average molecular weight is 265 g/mol. The number of esters is 1. The smallest absolute Gasteiger partial charge is 0.327 e. The van der Waals surface area contributed by atoms with Crippen molar-refractivity contribution >= 4 is 17.7 Å². The largest absolute Gasteiger partial charge is 0.465 e. The Balaban J connectivity index is 2.00. The van der Waals surface area contributed by atoms with Crippen LogP contribution in [-0.2, 0) is 16.1 Å². The fourth-order valence-electron chi connectivity index (χ4n) is 2.07. The van der Waals surface area contributed by atoms with Crippen molar-refractivity contribution in [3.05, 3.63) is 35.9 Å². The molecular formula is C14H19NO2S. The van der Waals surface area contributed by atoms with Crippen LogP contribution in [0, 0.1) is 0 Å². The highest BCUT2D eigenvalue weighted by atomic mass is 32.2. The van der Waals surface area contributed by atoms with Crippen LogP contribution in [0.25, 0.3) is 0 Å². The Kier molecular flexibility index (Phi) is 4.66. The van der Waals surface area contributed by atoms with E-state index in [1.807, 2.05) is 36.9 Å². The van der Waals surface area contributed by atoms with Gasteiger partial charge in [-0.1, -0.05) is 30.3 Å². The predicted molar refractivity (Wildman–Crippen MR) is 74.6 cm³/mol. The van der Waals surface area contributed by atoms with Gasteiger partial charge in [-0.25, -0.2) is 0 Å². The SMILES string of the molecule is CCOC(=O)C1(NCc2ccccc2)CCSC1. The summed E-state index contributed by atoms with van der Waals surface area (Å²) in [6.45, 7) is 3.00. The molecular weight excluding hydrogens is 246 g/mol. The first-order chi connectivity index (χ1) is 8.77. The highest BCUT2D eigenvalue weighted by Gasteiger charge is 2.42. The number of hydrogen-bond donors (Lipinski definition) is 1. The maximum atomic E-state index is 12.1. The van der Waals surface area contributed by atoms with Gasteiger partial charge in [0.15, 0.2) is 0 Å². The molecule has 1 aliphatic heterocycles. The van der Waals surface area contributed by atoms with Crippen LogP contribution in [0.5, 0.6) is 0 Å². The minimum atomic E-state index is -0.490. The van der Waals surface area contributed by atoms with Crippen LogP contribution in [0.1, 0.15) is 18.9 Å². The zero-order chi connectivity index (χ0) is 12.8. The average Bonchev–Trinajstić information content (AvgIpc) is 2.88. The van der Waals surface area contributed by atoms with Crippen molar-refractivity contribution in [3.63, 3.8) is 0 Å². The summed E-state index contributed by atoms with van der Waals surface area (Å²) in [4.78, 5) is 12.1. The summed E-state index contributed by atoms with van der Waals surface area (Å²) < 4.78 is 5.20. The fraction of sp³-hybridized carbons (Fsp3) is 0.500. The summed E-state index contributed by atoms with van der Waals surface area (Å²) in [5.41, 5.74) is 0.703. The third-order valence-electron chi connectivity index (χ3n) is 3.16. The van der Waals surface area contributed by atoms with E-state index in [2.05, 4.69) is 17.4 Å². The lowest BCUT2D eigenvalue weighted by atomic mass is 9.98. The Morgan fingerprint density at radius 2 is 2.22 bits per heavy atom. The molecule has 1 aromatic carbocycles. The molecule has 0 saturated carbocycles. The molecule has 0 bridgehead atoms. The van der Waals surface area contributed by atoms with Crippen molar-refractivity contribution in [3.8, 4) is 0 Å². The molecule has 98 valence electrons. The second-order valence-electron chi connectivity index (χ2n) is 4.44. The Morgan fingerprint density at radius 1 is 1.44 bits per heavy atom. The lowest BCUT2D eigenvalue weighted by Gasteiger charge is -2.27. The van der Waals surface area contributed by atoms with Crippen LogP contribution in [0.3, 0.4) is 0 Å². The summed E-state index contributed by atoms with van der Waals surface area (Å²) in [6.07, 6.45) is 0.851. The van der Waals surface area contributed by atoms with Gasteiger partial charge in [-0.05, 0) is 24.7 Å². The van der Waals surface area contributed by atoms with E-state index in [9.17, 15) is 4.79 Å². The zero-order valence-corrected chi connectivity index (χ0v) is 11.5. The molecule has 1 unspecified atom stereocenters. The maximum Gasteiger partial charge on any atom is 0.327 e. The van der Waals surface area contributed by atoms with Crippen molar-refractivity contribution in [2.75, 3.05) is 18.1 Å². The van der Waals surface area contributed by atoms with Gasteiger partial charge in [0, 0.05) is 12.3 Å². The first-order valence-corrected chi connectivity index (χ1v) is 7.46. The zero-order valence-electron chi connectivity index (χ0n) is 10.6. The second-order valence-corrected chi connectivity index (χ2v) is 5.55. The molecule has 1 N–H and O–H groups in total. The molecule has 1 aromatic rings. The van der Waals surface area contributed by atoms with E-state index in [0.29, 0.717) is 13.2 Å². The van der Waals surface area contributed by atoms with Crippen molar-refractivity contribution in [2.45, 2.75) is 25.4 Å². The van der Waals surface area contributed by atoms with Gasteiger partial charge in [-0.2, -0.15) is 11.8 Å². The monoisotopic (exact) mass is 265 g/mol. The van der Waals surface area contributed by atoms with Crippen LogP contribution < -0.4 is 5.32 Å². The molecule has 0 amide bonds. The number of thioether (sulfide) groups is 1. The number of rotatable bonds is 5. The first-order valence-electron chi connectivity index (χ1n) is 6.31. The van der Waals surface area contributed by atoms with E-state index in [1.54, 1.807) is 0 Å². The molecule has 18 heavy (non-hydrogen) atoms. The minimum absolute atomic E-state index is 0.106. The van der Waals surface area contributed by atoms with Gasteiger partial charge in [0.25, 0.3) is 0 Å². The Hall–Kier alpha value is -1.00. The van der Waals surface area contributed by atoms with Gasteiger partial charge in [0.05, 0.1) is 6.61 Å².